The quantitative estimate of drug-likeness (QED) is 0.722. The van der Waals surface area contributed by atoms with Crippen molar-refractivity contribution in [3.8, 4) is 5.75 Å². The minimum absolute atomic E-state index is 0.152. The first kappa shape index (κ1) is 9.19. The third-order valence-corrected chi connectivity index (χ3v) is 2.64. The summed E-state index contributed by atoms with van der Waals surface area (Å²) in [6.45, 7) is 0. The Hall–Kier alpha value is -1.38. The van der Waals surface area contributed by atoms with Crippen LogP contribution in [0.2, 0.25) is 0 Å². The van der Waals surface area contributed by atoms with Gasteiger partial charge in [-0.05, 0) is 24.6 Å². The molecule has 74 valence electrons. The average molecular weight is 194 g/mol. The van der Waals surface area contributed by atoms with Crippen LogP contribution in [0.15, 0.2) is 18.2 Å². The lowest BCUT2D eigenvalue weighted by Gasteiger charge is -2.25. The van der Waals surface area contributed by atoms with E-state index in [1.54, 1.807) is 6.07 Å². The van der Waals surface area contributed by atoms with E-state index >= 15 is 0 Å². The van der Waals surface area contributed by atoms with Crippen molar-refractivity contribution >= 4 is 5.78 Å². The number of ether oxygens (including phenoxy) is 1. The first-order chi connectivity index (χ1) is 6.72. The minimum Gasteiger partial charge on any atom is -0.496 e. The van der Waals surface area contributed by atoms with Crippen LogP contribution in [0, 0.1) is 5.82 Å². The van der Waals surface area contributed by atoms with Gasteiger partial charge in [-0.3, -0.25) is 4.79 Å². The van der Waals surface area contributed by atoms with Crippen molar-refractivity contribution < 1.29 is 13.9 Å². The zero-order valence-electron chi connectivity index (χ0n) is 7.92. The van der Waals surface area contributed by atoms with E-state index in [9.17, 15) is 9.18 Å². The Morgan fingerprint density at radius 2 is 2.29 bits per heavy atom. The van der Waals surface area contributed by atoms with E-state index in [4.69, 9.17) is 4.74 Å². The Kier molecular flexibility index (Phi) is 2.23. The molecule has 1 aliphatic rings. The van der Waals surface area contributed by atoms with Gasteiger partial charge in [0.15, 0.2) is 0 Å². The summed E-state index contributed by atoms with van der Waals surface area (Å²) >= 11 is 0. The first-order valence-corrected chi connectivity index (χ1v) is 4.58. The van der Waals surface area contributed by atoms with Crippen LogP contribution in [0.5, 0.6) is 5.75 Å². The van der Waals surface area contributed by atoms with Gasteiger partial charge < -0.3 is 4.74 Å². The average Bonchev–Trinajstić information content (AvgIpc) is 2.16. The molecule has 1 aromatic rings. The summed E-state index contributed by atoms with van der Waals surface area (Å²) in [5.41, 5.74) is 0.684. The van der Waals surface area contributed by atoms with Crippen molar-refractivity contribution in [2.75, 3.05) is 7.11 Å². The zero-order valence-corrected chi connectivity index (χ0v) is 7.92. The second-order valence-corrected chi connectivity index (χ2v) is 3.44. The van der Waals surface area contributed by atoms with Crippen LogP contribution in [0.3, 0.4) is 0 Å². The van der Waals surface area contributed by atoms with E-state index in [1.807, 2.05) is 0 Å². The second kappa shape index (κ2) is 3.40. The molecule has 1 aliphatic carbocycles. The van der Waals surface area contributed by atoms with E-state index in [0.29, 0.717) is 17.7 Å². The van der Waals surface area contributed by atoms with E-state index in [-0.39, 0.29) is 17.5 Å². The van der Waals surface area contributed by atoms with E-state index in [1.165, 1.54) is 19.2 Å². The first-order valence-electron chi connectivity index (χ1n) is 4.58. The molecule has 14 heavy (non-hydrogen) atoms. The van der Waals surface area contributed by atoms with Crippen LogP contribution < -0.4 is 4.74 Å². The molecular weight excluding hydrogens is 183 g/mol. The fraction of sp³-hybridized carbons (Fsp3) is 0.364. The van der Waals surface area contributed by atoms with E-state index < -0.39 is 0 Å². The molecule has 2 rings (SSSR count). The largest absolute Gasteiger partial charge is 0.496 e. The number of benzene rings is 1. The summed E-state index contributed by atoms with van der Waals surface area (Å²) in [5.74, 6) is 0.305. The standard InChI is InChI=1S/C11H11FO2/c1-14-11-5-2-7(12)6-9(11)8-3-4-10(8)13/h2,5-6,8H,3-4H2,1H3. The summed E-state index contributed by atoms with van der Waals surface area (Å²) in [4.78, 5) is 11.2. The summed E-state index contributed by atoms with van der Waals surface area (Å²) in [7, 11) is 1.53. The highest BCUT2D eigenvalue weighted by Crippen LogP contribution is 2.38. The van der Waals surface area contributed by atoms with Crippen molar-refractivity contribution in [2.45, 2.75) is 18.8 Å². The zero-order chi connectivity index (χ0) is 10.1. The molecule has 0 N–H and O–H groups in total. The van der Waals surface area contributed by atoms with Gasteiger partial charge in [0, 0.05) is 17.9 Å². The van der Waals surface area contributed by atoms with Gasteiger partial charge in [-0.15, -0.1) is 0 Å². The van der Waals surface area contributed by atoms with Gasteiger partial charge in [0.25, 0.3) is 0 Å². The van der Waals surface area contributed by atoms with Crippen LogP contribution in [0.25, 0.3) is 0 Å². The van der Waals surface area contributed by atoms with Crippen LogP contribution in [0.4, 0.5) is 4.39 Å². The summed E-state index contributed by atoms with van der Waals surface area (Å²) in [6.07, 6.45) is 1.41. The third kappa shape index (κ3) is 1.39. The van der Waals surface area contributed by atoms with Crippen LogP contribution >= 0.6 is 0 Å². The molecule has 1 saturated carbocycles. The van der Waals surface area contributed by atoms with Crippen LogP contribution in [0.1, 0.15) is 24.3 Å². The number of rotatable bonds is 2. The second-order valence-electron chi connectivity index (χ2n) is 3.44. The van der Waals surface area contributed by atoms with Gasteiger partial charge >= 0.3 is 0 Å². The lowest BCUT2D eigenvalue weighted by molar-refractivity contribution is -0.125. The number of methoxy groups -OCH3 is 1. The van der Waals surface area contributed by atoms with Crippen molar-refractivity contribution in [3.63, 3.8) is 0 Å². The van der Waals surface area contributed by atoms with Gasteiger partial charge in [0.2, 0.25) is 0 Å². The number of Topliss-reactive ketones (excluding diaryl/α,β-unsaturated/α-hetero) is 1. The number of carbonyl (C=O) groups is 1. The summed E-state index contributed by atoms with van der Waals surface area (Å²) in [5, 5.41) is 0. The van der Waals surface area contributed by atoms with Crippen molar-refractivity contribution in [1.29, 1.82) is 0 Å². The number of ketones is 1. The number of hydrogen-bond donors (Lipinski definition) is 0. The Labute approximate surface area is 81.7 Å². The molecule has 1 fully saturated rings. The van der Waals surface area contributed by atoms with Crippen LogP contribution in [-0.2, 0) is 4.79 Å². The predicted molar refractivity (Wildman–Crippen MR) is 49.9 cm³/mol. The molecule has 0 radical (unpaired) electrons. The molecule has 0 aliphatic heterocycles. The molecule has 0 aromatic heterocycles. The Balaban J connectivity index is 2.39. The normalized spacial score (nSPS) is 20.4. The van der Waals surface area contributed by atoms with Crippen LogP contribution in [-0.4, -0.2) is 12.9 Å². The van der Waals surface area contributed by atoms with Gasteiger partial charge in [-0.2, -0.15) is 0 Å². The molecule has 0 saturated heterocycles. The van der Waals surface area contributed by atoms with Gasteiger partial charge in [0.05, 0.1) is 7.11 Å². The summed E-state index contributed by atoms with van der Waals surface area (Å²) in [6, 6.07) is 4.29. The molecular formula is C11H11FO2. The molecule has 0 bridgehead atoms. The lowest BCUT2D eigenvalue weighted by atomic mass is 9.78. The Bertz CT molecular complexity index is 374. The molecule has 1 unspecified atom stereocenters. The summed E-state index contributed by atoms with van der Waals surface area (Å²) < 4.78 is 18.1. The fourth-order valence-corrected chi connectivity index (χ4v) is 1.71. The molecule has 1 aromatic carbocycles. The Morgan fingerprint density at radius 1 is 1.50 bits per heavy atom. The fourth-order valence-electron chi connectivity index (χ4n) is 1.71. The van der Waals surface area contributed by atoms with Crippen molar-refractivity contribution in [2.24, 2.45) is 0 Å². The van der Waals surface area contributed by atoms with Gasteiger partial charge in [0.1, 0.15) is 17.3 Å². The van der Waals surface area contributed by atoms with Crippen molar-refractivity contribution in [3.05, 3.63) is 29.6 Å². The molecule has 2 nitrogen and oxygen atoms in total. The maximum Gasteiger partial charge on any atom is 0.140 e. The SMILES string of the molecule is COc1ccc(F)cc1C1CCC1=O. The number of hydrogen-bond acceptors (Lipinski definition) is 2. The minimum atomic E-state index is -0.319. The van der Waals surface area contributed by atoms with Crippen molar-refractivity contribution in [1.82, 2.24) is 0 Å². The maximum atomic E-state index is 13.0. The number of carbonyl (C=O) groups excluding carboxylic acids is 1. The highest BCUT2D eigenvalue weighted by molar-refractivity contribution is 5.91. The molecule has 0 amide bonds. The molecule has 1 atom stereocenters. The Morgan fingerprint density at radius 3 is 2.79 bits per heavy atom. The monoisotopic (exact) mass is 194 g/mol. The third-order valence-electron chi connectivity index (χ3n) is 2.64. The lowest BCUT2D eigenvalue weighted by Crippen LogP contribution is -2.23. The topological polar surface area (TPSA) is 26.3 Å². The maximum absolute atomic E-state index is 13.0. The van der Waals surface area contributed by atoms with Gasteiger partial charge in [-0.1, -0.05) is 0 Å². The number of halogens is 1. The molecule has 0 heterocycles. The van der Waals surface area contributed by atoms with Gasteiger partial charge in [-0.25, -0.2) is 4.39 Å². The van der Waals surface area contributed by atoms with E-state index in [2.05, 4.69) is 0 Å². The molecule has 3 heteroatoms. The molecule has 0 spiro atoms. The van der Waals surface area contributed by atoms with E-state index in [0.717, 1.165) is 6.42 Å². The smallest absolute Gasteiger partial charge is 0.140 e. The predicted octanol–water partition coefficient (Wildman–Crippen LogP) is 2.28. The highest BCUT2D eigenvalue weighted by Gasteiger charge is 2.31. The highest BCUT2D eigenvalue weighted by atomic mass is 19.1.